The quantitative estimate of drug-likeness (QED) is 0.797. The van der Waals surface area contributed by atoms with Crippen LogP contribution in [0.1, 0.15) is 5.56 Å². The lowest BCUT2D eigenvalue weighted by atomic mass is 10.2. The van der Waals surface area contributed by atoms with Crippen molar-refractivity contribution in [2.45, 2.75) is 5.88 Å². The van der Waals surface area contributed by atoms with E-state index in [9.17, 15) is 8.42 Å². The van der Waals surface area contributed by atoms with Crippen molar-refractivity contribution < 1.29 is 13.2 Å². The Hall–Kier alpha value is -0.780. The van der Waals surface area contributed by atoms with Crippen LogP contribution in [0.3, 0.4) is 0 Å². The van der Waals surface area contributed by atoms with Crippen LogP contribution in [0, 0.1) is 0 Å². The highest BCUT2D eigenvalue weighted by Crippen LogP contribution is 2.18. The number of hydrogen-bond donors (Lipinski definition) is 1. The molecule has 1 N–H and O–H groups in total. The first kappa shape index (κ1) is 13.3. The summed E-state index contributed by atoms with van der Waals surface area (Å²) in [6.45, 7) is 0.165. The molecule has 0 spiro atoms. The molecule has 0 heterocycles. The summed E-state index contributed by atoms with van der Waals surface area (Å²) in [6, 6.07) is 7.03. The van der Waals surface area contributed by atoms with E-state index >= 15 is 0 Å². The normalized spacial score (nSPS) is 11.4. The fraction of sp³-hybridized carbons (Fsp3) is 0.400. The molecule has 0 saturated heterocycles. The van der Waals surface area contributed by atoms with Crippen molar-refractivity contribution in [3.8, 4) is 0 Å². The third kappa shape index (κ3) is 4.00. The van der Waals surface area contributed by atoms with Crippen LogP contribution in [0.15, 0.2) is 24.3 Å². The second-order valence-electron chi connectivity index (χ2n) is 3.20. The van der Waals surface area contributed by atoms with Crippen molar-refractivity contribution in [3.63, 3.8) is 0 Å². The molecule has 4 nitrogen and oxygen atoms in total. The van der Waals surface area contributed by atoms with E-state index < -0.39 is 10.0 Å². The first-order chi connectivity index (χ1) is 7.59. The van der Waals surface area contributed by atoms with Crippen LogP contribution in [0.2, 0.25) is 0 Å². The van der Waals surface area contributed by atoms with Gasteiger partial charge < -0.3 is 4.74 Å². The molecule has 0 saturated carbocycles. The summed E-state index contributed by atoms with van der Waals surface area (Å²) in [5.74, 6) is 0.198. The Morgan fingerprint density at radius 2 is 2.06 bits per heavy atom. The molecule has 0 amide bonds. The first-order valence-electron chi connectivity index (χ1n) is 4.72. The number of anilines is 1. The van der Waals surface area contributed by atoms with Crippen LogP contribution in [-0.2, 0) is 20.6 Å². The molecular formula is C10H14ClNO3S. The number of para-hydroxylation sites is 1. The zero-order chi connectivity index (χ0) is 12.0. The van der Waals surface area contributed by atoms with E-state index in [2.05, 4.69) is 4.72 Å². The molecule has 1 aromatic rings. The molecule has 0 bridgehead atoms. The first-order valence-corrected chi connectivity index (χ1v) is 6.91. The van der Waals surface area contributed by atoms with E-state index in [0.717, 1.165) is 5.56 Å². The maximum absolute atomic E-state index is 11.6. The molecule has 1 rings (SSSR count). The third-order valence-electron chi connectivity index (χ3n) is 1.98. The van der Waals surface area contributed by atoms with Gasteiger partial charge >= 0.3 is 0 Å². The minimum absolute atomic E-state index is 0.0693. The van der Waals surface area contributed by atoms with E-state index in [1.165, 1.54) is 7.11 Å². The van der Waals surface area contributed by atoms with Crippen LogP contribution in [-0.4, -0.2) is 27.9 Å². The fourth-order valence-corrected chi connectivity index (χ4v) is 2.40. The number of ether oxygens (including phenoxy) is 1. The maximum Gasteiger partial charge on any atom is 0.235 e. The average molecular weight is 264 g/mol. The van der Waals surface area contributed by atoms with E-state index in [4.69, 9.17) is 16.3 Å². The predicted octanol–water partition coefficient (Wildman–Crippen LogP) is 1.81. The number of hydrogen-bond acceptors (Lipinski definition) is 3. The van der Waals surface area contributed by atoms with Gasteiger partial charge in [0, 0.05) is 13.0 Å². The second kappa shape index (κ2) is 6.08. The van der Waals surface area contributed by atoms with Crippen molar-refractivity contribution in [1.82, 2.24) is 0 Å². The standard InChI is InChI=1S/C10H14ClNO3S/c1-15-6-7-16(13,14)12-10-5-3-2-4-9(10)8-11/h2-5,12H,6-8H2,1H3. The van der Waals surface area contributed by atoms with Crippen molar-refractivity contribution in [2.24, 2.45) is 0 Å². The van der Waals surface area contributed by atoms with Gasteiger partial charge in [0.1, 0.15) is 0 Å². The zero-order valence-corrected chi connectivity index (χ0v) is 10.5. The van der Waals surface area contributed by atoms with Gasteiger partial charge in [0.2, 0.25) is 10.0 Å². The molecule has 16 heavy (non-hydrogen) atoms. The van der Waals surface area contributed by atoms with Crippen molar-refractivity contribution in [2.75, 3.05) is 24.2 Å². The summed E-state index contributed by atoms with van der Waals surface area (Å²) >= 11 is 5.71. The Bertz CT molecular complexity index is 433. The molecule has 0 fully saturated rings. The van der Waals surface area contributed by atoms with E-state index in [1.54, 1.807) is 18.2 Å². The van der Waals surface area contributed by atoms with Crippen molar-refractivity contribution in [3.05, 3.63) is 29.8 Å². The van der Waals surface area contributed by atoms with Crippen molar-refractivity contribution in [1.29, 1.82) is 0 Å². The Morgan fingerprint density at radius 1 is 1.38 bits per heavy atom. The summed E-state index contributed by atoms with van der Waals surface area (Å²) in [7, 11) is -1.90. The summed E-state index contributed by atoms with van der Waals surface area (Å²) in [4.78, 5) is 0. The van der Waals surface area contributed by atoms with Crippen LogP contribution in [0.5, 0.6) is 0 Å². The lowest BCUT2D eigenvalue weighted by molar-refractivity contribution is 0.217. The van der Waals surface area contributed by atoms with Gasteiger partial charge in [-0.25, -0.2) is 8.42 Å². The van der Waals surface area contributed by atoms with Crippen LogP contribution >= 0.6 is 11.6 Å². The Morgan fingerprint density at radius 3 is 2.69 bits per heavy atom. The van der Waals surface area contributed by atoms with Gasteiger partial charge in [-0.05, 0) is 11.6 Å². The molecule has 90 valence electrons. The van der Waals surface area contributed by atoms with Gasteiger partial charge in [-0.1, -0.05) is 18.2 Å². The number of nitrogens with one attached hydrogen (secondary N) is 1. The highest BCUT2D eigenvalue weighted by Gasteiger charge is 2.11. The second-order valence-corrected chi connectivity index (χ2v) is 5.31. The number of alkyl halides is 1. The van der Waals surface area contributed by atoms with Gasteiger partial charge in [-0.2, -0.15) is 0 Å². The molecule has 6 heteroatoms. The smallest absolute Gasteiger partial charge is 0.235 e. The molecule has 0 aliphatic heterocycles. The van der Waals surface area contributed by atoms with E-state index in [1.807, 2.05) is 6.07 Å². The van der Waals surface area contributed by atoms with Crippen LogP contribution in [0.25, 0.3) is 0 Å². The summed E-state index contributed by atoms with van der Waals surface area (Å²) in [5.41, 5.74) is 1.28. The molecular weight excluding hydrogens is 250 g/mol. The zero-order valence-electron chi connectivity index (χ0n) is 8.94. The number of methoxy groups -OCH3 is 1. The molecule has 0 unspecified atom stereocenters. The molecule has 0 aromatic heterocycles. The number of rotatable bonds is 6. The third-order valence-corrected chi connectivity index (χ3v) is 3.51. The van der Waals surface area contributed by atoms with Gasteiger partial charge in [0.05, 0.1) is 18.0 Å². The van der Waals surface area contributed by atoms with Gasteiger partial charge in [0.15, 0.2) is 0 Å². The summed E-state index contributed by atoms with van der Waals surface area (Å²) < 4.78 is 30.4. The number of sulfonamides is 1. The molecule has 0 aliphatic carbocycles. The SMILES string of the molecule is COCCS(=O)(=O)Nc1ccccc1CCl. The maximum atomic E-state index is 11.6. The predicted molar refractivity (Wildman–Crippen MR) is 65.3 cm³/mol. The summed E-state index contributed by atoms with van der Waals surface area (Å²) in [6.07, 6.45) is 0. The molecule has 0 radical (unpaired) electrons. The van der Waals surface area contributed by atoms with Crippen LogP contribution in [0.4, 0.5) is 5.69 Å². The Labute approximate surface area is 101 Å². The Balaban J connectivity index is 2.79. The molecule has 0 aliphatic rings. The number of halogens is 1. The highest BCUT2D eigenvalue weighted by atomic mass is 35.5. The Kier molecular flexibility index (Phi) is 5.05. The van der Waals surface area contributed by atoms with E-state index in [0.29, 0.717) is 5.69 Å². The van der Waals surface area contributed by atoms with Gasteiger partial charge in [-0.15, -0.1) is 11.6 Å². The summed E-state index contributed by atoms with van der Waals surface area (Å²) in [5, 5.41) is 0. The molecule has 0 atom stereocenters. The lowest BCUT2D eigenvalue weighted by Crippen LogP contribution is -2.20. The largest absolute Gasteiger partial charge is 0.384 e. The van der Waals surface area contributed by atoms with Gasteiger partial charge in [-0.3, -0.25) is 4.72 Å². The monoisotopic (exact) mass is 263 g/mol. The van der Waals surface area contributed by atoms with Gasteiger partial charge in [0.25, 0.3) is 0 Å². The lowest BCUT2D eigenvalue weighted by Gasteiger charge is -2.10. The fourth-order valence-electron chi connectivity index (χ4n) is 1.15. The van der Waals surface area contributed by atoms with Crippen LogP contribution < -0.4 is 4.72 Å². The minimum atomic E-state index is -3.36. The molecule has 1 aromatic carbocycles. The highest BCUT2D eigenvalue weighted by molar-refractivity contribution is 7.92. The minimum Gasteiger partial charge on any atom is -0.384 e. The van der Waals surface area contributed by atoms with E-state index in [-0.39, 0.29) is 18.2 Å². The number of benzene rings is 1. The topological polar surface area (TPSA) is 55.4 Å². The average Bonchev–Trinajstić information content (AvgIpc) is 2.27. The van der Waals surface area contributed by atoms with Crippen molar-refractivity contribution >= 4 is 27.3 Å².